The molecule has 0 radical (unpaired) electrons. The number of ether oxygens (including phenoxy) is 1. The van der Waals surface area contributed by atoms with Crippen molar-refractivity contribution < 1.29 is 14.6 Å². The van der Waals surface area contributed by atoms with Gasteiger partial charge in [-0.25, -0.2) is 0 Å². The van der Waals surface area contributed by atoms with Gasteiger partial charge in [-0.15, -0.1) is 0 Å². The maximum atomic E-state index is 11.2. The molecule has 4 nitrogen and oxygen atoms in total. The number of carbonyl (C=O) groups excluding carboxylic acids is 1. The van der Waals surface area contributed by atoms with Gasteiger partial charge in [-0.2, -0.15) is 0 Å². The van der Waals surface area contributed by atoms with Gasteiger partial charge in [-0.1, -0.05) is 0 Å². The molecular weight excluding hydrogens is 182 g/mol. The Hall–Kier alpha value is -0.610. The minimum atomic E-state index is -0.0417. The van der Waals surface area contributed by atoms with Gasteiger partial charge in [0.05, 0.1) is 0 Å². The fourth-order valence-corrected chi connectivity index (χ4v) is 1.89. The van der Waals surface area contributed by atoms with Crippen LogP contribution in [0.5, 0.6) is 0 Å². The van der Waals surface area contributed by atoms with Crippen LogP contribution in [-0.4, -0.2) is 37.4 Å². The maximum absolute atomic E-state index is 11.2. The molecule has 0 unspecified atom stereocenters. The van der Waals surface area contributed by atoms with Crippen LogP contribution in [0.1, 0.15) is 25.7 Å². The molecule has 0 heterocycles. The Bertz CT molecular complexity index is 176. The van der Waals surface area contributed by atoms with E-state index >= 15 is 0 Å². The van der Waals surface area contributed by atoms with Crippen LogP contribution < -0.4 is 5.32 Å². The zero-order valence-electron chi connectivity index (χ0n) is 8.66. The standard InChI is InChI=1S/C10H19NO3/c1-14-7-10(13)11-9-4-2-8(6-12)3-5-9/h8-9,12H,2-7H2,1H3,(H,11,13). The molecule has 0 aromatic heterocycles. The molecule has 14 heavy (non-hydrogen) atoms. The lowest BCUT2D eigenvalue weighted by molar-refractivity contribution is -0.125. The van der Waals surface area contributed by atoms with Gasteiger partial charge in [0, 0.05) is 19.8 Å². The van der Waals surface area contributed by atoms with Gasteiger partial charge < -0.3 is 15.2 Å². The molecule has 82 valence electrons. The lowest BCUT2D eigenvalue weighted by Gasteiger charge is -2.27. The van der Waals surface area contributed by atoms with Crippen LogP contribution in [0.15, 0.2) is 0 Å². The smallest absolute Gasteiger partial charge is 0.246 e. The molecule has 1 fully saturated rings. The first-order valence-electron chi connectivity index (χ1n) is 5.15. The van der Waals surface area contributed by atoms with Crippen LogP contribution in [0.3, 0.4) is 0 Å². The highest BCUT2D eigenvalue weighted by Crippen LogP contribution is 2.23. The first kappa shape index (κ1) is 11.5. The molecule has 0 bridgehead atoms. The second-order valence-electron chi connectivity index (χ2n) is 3.90. The molecule has 4 heteroatoms. The summed E-state index contributed by atoms with van der Waals surface area (Å²) in [6.07, 6.45) is 3.96. The maximum Gasteiger partial charge on any atom is 0.246 e. The number of hydrogen-bond donors (Lipinski definition) is 2. The normalized spacial score (nSPS) is 27.3. The highest BCUT2D eigenvalue weighted by Gasteiger charge is 2.21. The highest BCUT2D eigenvalue weighted by molar-refractivity contribution is 5.77. The van der Waals surface area contributed by atoms with Crippen LogP contribution >= 0.6 is 0 Å². The third-order valence-corrected chi connectivity index (χ3v) is 2.75. The van der Waals surface area contributed by atoms with Crippen molar-refractivity contribution in [3.05, 3.63) is 0 Å². The third-order valence-electron chi connectivity index (χ3n) is 2.75. The van der Waals surface area contributed by atoms with Crippen LogP contribution in [0, 0.1) is 5.92 Å². The Kier molecular flexibility index (Phi) is 4.90. The summed E-state index contributed by atoms with van der Waals surface area (Å²) in [5.74, 6) is 0.394. The number of aliphatic hydroxyl groups is 1. The lowest BCUT2D eigenvalue weighted by atomic mass is 9.86. The Morgan fingerprint density at radius 1 is 1.43 bits per heavy atom. The molecule has 0 aromatic rings. The molecule has 0 spiro atoms. The van der Waals surface area contributed by atoms with Gasteiger partial charge in [-0.3, -0.25) is 4.79 Å². The molecule has 0 aromatic carbocycles. The zero-order valence-corrected chi connectivity index (χ0v) is 8.66. The first-order chi connectivity index (χ1) is 6.76. The summed E-state index contributed by atoms with van der Waals surface area (Å²) in [6, 6.07) is 0.278. The van der Waals surface area contributed by atoms with Crippen LogP contribution in [0.2, 0.25) is 0 Å². The number of aliphatic hydroxyl groups excluding tert-OH is 1. The quantitative estimate of drug-likeness (QED) is 0.687. The van der Waals surface area contributed by atoms with Gasteiger partial charge in [0.15, 0.2) is 0 Å². The first-order valence-corrected chi connectivity index (χ1v) is 5.15. The molecule has 0 atom stereocenters. The molecular formula is C10H19NO3. The van der Waals surface area contributed by atoms with Crippen molar-refractivity contribution in [3.8, 4) is 0 Å². The van der Waals surface area contributed by atoms with Gasteiger partial charge in [0.2, 0.25) is 5.91 Å². The Morgan fingerprint density at radius 3 is 2.57 bits per heavy atom. The predicted molar refractivity (Wildman–Crippen MR) is 52.9 cm³/mol. The largest absolute Gasteiger partial charge is 0.396 e. The predicted octanol–water partition coefficient (Wildman–Crippen LogP) is 0.300. The van der Waals surface area contributed by atoms with Crippen molar-refractivity contribution in [1.29, 1.82) is 0 Å². The topological polar surface area (TPSA) is 58.6 Å². The lowest BCUT2D eigenvalue weighted by Crippen LogP contribution is -2.39. The third kappa shape index (κ3) is 3.64. The molecule has 1 rings (SSSR count). The van der Waals surface area contributed by atoms with E-state index < -0.39 is 0 Å². The van der Waals surface area contributed by atoms with Gasteiger partial charge >= 0.3 is 0 Å². The number of carbonyl (C=O) groups is 1. The van der Waals surface area contributed by atoms with Crippen LogP contribution in [-0.2, 0) is 9.53 Å². The average Bonchev–Trinajstić information content (AvgIpc) is 2.19. The summed E-state index contributed by atoms with van der Waals surface area (Å²) in [5.41, 5.74) is 0. The van der Waals surface area contributed by atoms with E-state index in [2.05, 4.69) is 5.32 Å². The summed E-state index contributed by atoms with van der Waals surface area (Å²) in [6.45, 7) is 0.415. The van der Waals surface area contributed by atoms with E-state index in [-0.39, 0.29) is 25.2 Å². The van der Waals surface area contributed by atoms with Crippen molar-refractivity contribution in [2.75, 3.05) is 20.3 Å². The minimum Gasteiger partial charge on any atom is -0.396 e. The van der Waals surface area contributed by atoms with Crippen LogP contribution in [0.25, 0.3) is 0 Å². The summed E-state index contributed by atoms with van der Waals surface area (Å²) >= 11 is 0. The number of nitrogens with one attached hydrogen (secondary N) is 1. The van der Waals surface area contributed by atoms with Crippen molar-refractivity contribution in [2.24, 2.45) is 5.92 Å². The average molecular weight is 201 g/mol. The molecule has 2 N–H and O–H groups in total. The molecule has 1 saturated carbocycles. The summed E-state index contributed by atoms with van der Waals surface area (Å²) in [7, 11) is 1.52. The molecule has 1 aliphatic carbocycles. The van der Waals surface area contributed by atoms with E-state index in [0.29, 0.717) is 5.92 Å². The van der Waals surface area contributed by atoms with E-state index in [1.54, 1.807) is 0 Å². The van der Waals surface area contributed by atoms with Gasteiger partial charge in [-0.05, 0) is 31.6 Å². The Balaban J connectivity index is 2.18. The monoisotopic (exact) mass is 201 g/mol. The fraction of sp³-hybridized carbons (Fsp3) is 0.900. The number of hydrogen-bond acceptors (Lipinski definition) is 3. The zero-order chi connectivity index (χ0) is 10.4. The van der Waals surface area contributed by atoms with E-state index in [4.69, 9.17) is 9.84 Å². The van der Waals surface area contributed by atoms with Crippen molar-refractivity contribution in [1.82, 2.24) is 5.32 Å². The van der Waals surface area contributed by atoms with Crippen molar-refractivity contribution in [2.45, 2.75) is 31.7 Å². The van der Waals surface area contributed by atoms with E-state index in [9.17, 15) is 4.79 Å². The summed E-state index contributed by atoms with van der Waals surface area (Å²) < 4.78 is 4.74. The summed E-state index contributed by atoms with van der Waals surface area (Å²) in [5, 5.41) is 11.9. The second kappa shape index (κ2) is 5.98. The van der Waals surface area contributed by atoms with E-state index in [1.807, 2.05) is 0 Å². The number of rotatable bonds is 4. The SMILES string of the molecule is COCC(=O)NC1CCC(CO)CC1. The number of amides is 1. The Labute approximate surface area is 84.6 Å². The molecule has 0 saturated heterocycles. The Morgan fingerprint density at radius 2 is 2.07 bits per heavy atom. The fourth-order valence-electron chi connectivity index (χ4n) is 1.89. The second-order valence-corrected chi connectivity index (χ2v) is 3.90. The molecule has 1 aliphatic rings. The van der Waals surface area contributed by atoms with Gasteiger partial charge in [0.1, 0.15) is 6.61 Å². The molecule has 1 amide bonds. The number of methoxy groups -OCH3 is 1. The van der Waals surface area contributed by atoms with E-state index in [0.717, 1.165) is 25.7 Å². The van der Waals surface area contributed by atoms with E-state index in [1.165, 1.54) is 7.11 Å². The van der Waals surface area contributed by atoms with Crippen molar-refractivity contribution in [3.63, 3.8) is 0 Å². The minimum absolute atomic E-state index is 0.0417. The van der Waals surface area contributed by atoms with Crippen molar-refractivity contribution >= 4 is 5.91 Å². The van der Waals surface area contributed by atoms with Gasteiger partial charge in [0.25, 0.3) is 0 Å². The summed E-state index contributed by atoms with van der Waals surface area (Å²) in [4.78, 5) is 11.2. The van der Waals surface area contributed by atoms with Crippen LogP contribution in [0.4, 0.5) is 0 Å². The highest BCUT2D eigenvalue weighted by atomic mass is 16.5. The molecule has 0 aliphatic heterocycles.